The quantitative estimate of drug-likeness (QED) is 0.740. The molecule has 1 heteroatoms. The molecule has 1 aliphatic rings. The highest BCUT2D eigenvalue weighted by Gasteiger charge is 2.38. The maximum Gasteiger partial charge on any atom is 0.119 e. The van der Waals surface area contributed by atoms with Crippen molar-refractivity contribution in [2.75, 3.05) is 7.11 Å². The van der Waals surface area contributed by atoms with Gasteiger partial charge >= 0.3 is 0 Å². The van der Waals surface area contributed by atoms with Gasteiger partial charge < -0.3 is 4.74 Å². The standard InChI is InChI=1S/C15H22O/c1-12(2)15(9-4-5-10-15)13-7-6-8-14(11-13)16-3/h6-8,11-12H,4-5,9-10H2,1-3H3. The lowest BCUT2D eigenvalue weighted by molar-refractivity contribution is 0.312. The van der Waals surface area contributed by atoms with Gasteiger partial charge in [0.2, 0.25) is 0 Å². The van der Waals surface area contributed by atoms with Crippen LogP contribution < -0.4 is 4.74 Å². The van der Waals surface area contributed by atoms with Crippen LogP contribution in [-0.4, -0.2) is 7.11 Å². The van der Waals surface area contributed by atoms with Crippen LogP contribution in [0.3, 0.4) is 0 Å². The summed E-state index contributed by atoms with van der Waals surface area (Å²) < 4.78 is 5.34. The van der Waals surface area contributed by atoms with Crippen molar-refractivity contribution in [1.82, 2.24) is 0 Å². The third-order valence-corrected chi connectivity index (χ3v) is 4.25. The summed E-state index contributed by atoms with van der Waals surface area (Å²) in [7, 11) is 1.75. The smallest absolute Gasteiger partial charge is 0.119 e. The molecule has 1 saturated carbocycles. The second-order valence-corrected chi connectivity index (χ2v) is 5.25. The number of methoxy groups -OCH3 is 1. The minimum atomic E-state index is 0.397. The maximum absolute atomic E-state index is 5.34. The molecule has 0 unspecified atom stereocenters. The molecule has 0 bridgehead atoms. The summed E-state index contributed by atoms with van der Waals surface area (Å²) in [6, 6.07) is 8.66. The van der Waals surface area contributed by atoms with E-state index in [9.17, 15) is 0 Å². The van der Waals surface area contributed by atoms with Crippen LogP contribution in [0.15, 0.2) is 24.3 Å². The molecule has 2 rings (SSSR count). The van der Waals surface area contributed by atoms with Gasteiger partial charge in [0, 0.05) is 0 Å². The average molecular weight is 218 g/mol. The van der Waals surface area contributed by atoms with Gasteiger partial charge in [-0.25, -0.2) is 0 Å². The fourth-order valence-electron chi connectivity index (χ4n) is 3.14. The first-order chi connectivity index (χ1) is 7.69. The topological polar surface area (TPSA) is 9.23 Å². The van der Waals surface area contributed by atoms with Gasteiger partial charge in [-0.3, -0.25) is 0 Å². The van der Waals surface area contributed by atoms with Crippen molar-refractivity contribution in [2.24, 2.45) is 5.92 Å². The first kappa shape index (κ1) is 11.5. The molecule has 0 atom stereocenters. The molecule has 0 N–H and O–H groups in total. The summed E-state index contributed by atoms with van der Waals surface area (Å²) in [4.78, 5) is 0. The van der Waals surface area contributed by atoms with Crippen LogP contribution in [0.1, 0.15) is 45.1 Å². The minimum Gasteiger partial charge on any atom is -0.497 e. The minimum absolute atomic E-state index is 0.397. The number of ether oxygens (including phenoxy) is 1. The van der Waals surface area contributed by atoms with E-state index in [1.807, 2.05) is 6.07 Å². The molecule has 88 valence electrons. The van der Waals surface area contributed by atoms with Crippen molar-refractivity contribution >= 4 is 0 Å². The third kappa shape index (κ3) is 1.83. The summed E-state index contributed by atoms with van der Waals surface area (Å²) in [5.41, 5.74) is 1.87. The zero-order valence-electron chi connectivity index (χ0n) is 10.6. The molecule has 1 aromatic rings. The highest BCUT2D eigenvalue weighted by molar-refractivity contribution is 5.35. The highest BCUT2D eigenvalue weighted by atomic mass is 16.5. The van der Waals surface area contributed by atoms with Crippen LogP contribution in [0, 0.1) is 5.92 Å². The Bertz CT molecular complexity index is 348. The van der Waals surface area contributed by atoms with E-state index in [0.717, 1.165) is 5.75 Å². The highest BCUT2D eigenvalue weighted by Crippen LogP contribution is 2.47. The van der Waals surface area contributed by atoms with Gasteiger partial charge in [0.15, 0.2) is 0 Å². The first-order valence-electron chi connectivity index (χ1n) is 6.33. The van der Waals surface area contributed by atoms with Gasteiger partial charge in [0.1, 0.15) is 5.75 Å². The van der Waals surface area contributed by atoms with E-state index in [2.05, 4.69) is 32.0 Å². The molecule has 1 aromatic carbocycles. The van der Waals surface area contributed by atoms with E-state index in [4.69, 9.17) is 4.74 Å². The first-order valence-corrected chi connectivity index (χ1v) is 6.33. The Morgan fingerprint density at radius 3 is 2.44 bits per heavy atom. The van der Waals surface area contributed by atoms with Crippen LogP contribution in [0.25, 0.3) is 0 Å². The second-order valence-electron chi connectivity index (χ2n) is 5.25. The molecule has 0 aliphatic heterocycles. The van der Waals surface area contributed by atoms with Crippen molar-refractivity contribution < 1.29 is 4.74 Å². The number of benzene rings is 1. The van der Waals surface area contributed by atoms with Crippen LogP contribution in [-0.2, 0) is 5.41 Å². The molecule has 1 nitrogen and oxygen atoms in total. The number of hydrogen-bond acceptors (Lipinski definition) is 1. The van der Waals surface area contributed by atoms with Crippen molar-refractivity contribution in [1.29, 1.82) is 0 Å². The summed E-state index contributed by atoms with van der Waals surface area (Å²) in [6.45, 7) is 4.70. The van der Waals surface area contributed by atoms with Gasteiger partial charge in [-0.2, -0.15) is 0 Å². The van der Waals surface area contributed by atoms with Crippen molar-refractivity contribution in [3.05, 3.63) is 29.8 Å². The molecular formula is C15H22O. The van der Waals surface area contributed by atoms with Crippen molar-refractivity contribution in [3.8, 4) is 5.75 Å². The largest absolute Gasteiger partial charge is 0.497 e. The SMILES string of the molecule is COc1cccc(C2(C(C)C)CCCC2)c1. The Morgan fingerprint density at radius 1 is 1.19 bits per heavy atom. The van der Waals surface area contributed by atoms with Crippen LogP contribution in [0.2, 0.25) is 0 Å². The predicted molar refractivity (Wildman–Crippen MR) is 68.0 cm³/mol. The van der Waals surface area contributed by atoms with Crippen LogP contribution in [0.5, 0.6) is 5.75 Å². The van der Waals surface area contributed by atoms with E-state index in [1.54, 1.807) is 7.11 Å². The molecule has 0 saturated heterocycles. The number of rotatable bonds is 3. The second kappa shape index (κ2) is 4.48. The summed E-state index contributed by atoms with van der Waals surface area (Å²) >= 11 is 0. The number of hydrogen-bond donors (Lipinski definition) is 0. The zero-order valence-corrected chi connectivity index (χ0v) is 10.6. The van der Waals surface area contributed by atoms with E-state index in [0.29, 0.717) is 11.3 Å². The zero-order chi connectivity index (χ0) is 11.6. The molecule has 1 aliphatic carbocycles. The van der Waals surface area contributed by atoms with Gasteiger partial charge in [-0.15, -0.1) is 0 Å². The molecule has 0 spiro atoms. The monoisotopic (exact) mass is 218 g/mol. The normalized spacial score (nSPS) is 19.0. The van der Waals surface area contributed by atoms with Crippen LogP contribution in [0.4, 0.5) is 0 Å². The molecule has 0 amide bonds. The van der Waals surface area contributed by atoms with Crippen molar-refractivity contribution in [2.45, 2.75) is 44.9 Å². The fourth-order valence-corrected chi connectivity index (χ4v) is 3.14. The van der Waals surface area contributed by atoms with Crippen LogP contribution >= 0.6 is 0 Å². The Morgan fingerprint density at radius 2 is 1.88 bits per heavy atom. The lowest BCUT2D eigenvalue weighted by atomic mass is 9.70. The van der Waals surface area contributed by atoms with E-state index < -0.39 is 0 Å². The Hall–Kier alpha value is -0.980. The molecule has 0 radical (unpaired) electrons. The summed E-state index contributed by atoms with van der Waals surface area (Å²) in [6.07, 6.45) is 5.40. The lowest BCUT2D eigenvalue weighted by Crippen LogP contribution is -2.28. The lowest BCUT2D eigenvalue weighted by Gasteiger charge is -2.34. The Kier molecular flexibility index (Phi) is 3.22. The van der Waals surface area contributed by atoms with E-state index in [-0.39, 0.29) is 0 Å². The van der Waals surface area contributed by atoms with E-state index >= 15 is 0 Å². The van der Waals surface area contributed by atoms with Gasteiger partial charge in [-0.1, -0.05) is 38.8 Å². The van der Waals surface area contributed by atoms with Gasteiger partial charge in [0.25, 0.3) is 0 Å². The molecule has 16 heavy (non-hydrogen) atoms. The Balaban J connectivity index is 2.39. The Labute approximate surface area is 98.8 Å². The van der Waals surface area contributed by atoms with E-state index in [1.165, 1.54) is 31.2 Å². The maximum atomic E-state index is 5.34. The summed E-state index contributed by atoms with van der Waals surface area (Å²) in [5, 5.41) is 0. The van der Waals surface area contributed by atoms with Gasteiger partial charge in [-0.05, 0) is 41.9 Å². The van der Waals surface area contributed by atoms with Gasteiger partial charge in [0.05, 0.1) is 7.11 Å². The third-order valence-electron chi connectivity index (χ3n) is 4.25. The average Bonchev–Trinajstić information content (AvgIpc) is 2.79. The molecule has 0 aromatic heterocycles. The molecule has 0 heterocycles. The fraction of sp³-hybridized carbons (Fsp3) is 0.600. The molecule has 1 fully saturated rings. The summed E-state index contributed by atoms with van der Waals surface area (Å²) in [5.74, 6) is 1.70. The van der Waals surface area contributed by atoms with Crippen molar-refractivity contribution in [3.63, 3.8) is 0 Å². The predicted octanol–water partition coefficient (Wildman–Crippen LogP) is 4.16. The molecular weight excluding hydrogens is 196 g/mol.